The van der Waals surface area contributed by atoms with Gasteiger partial charge in [-0.15, -0.1) is 0 Å². The highest BCUT2D eigenvalue weighted by Gasteiger charge is 2.36. The van der Waals surface area contributed by atoms with Gasteiger partial charge in [-0.05, 0) is 33.1 Å². The van der Waals surface area contributed by atoms with Gasteiger partial charge in [-0.1, -0.05) is 25.7 Å². The Balaban J connectivity index is 1.72. The van der Waals surface area contributed by atoms with Crippen LogP contribution in [0.25, 0.3) is 0 Å². The van der Waals surface area contributed by atoms with Gasteiger partial charge in [0.1, 0.15) is 0 Å². The maximum Gasteiger partial charge on any atom is 0.234 e. The van der Waals surface area contributed by atoms with Gasteiger partial charge >= 0.3 is 0 Å². The van der Waals surface area contributed by atoms with Crippen LogP contribution in [-0.2, 0) is 9.53 Å². The van der Waals surface area contributed by atoms with Gasteiger partial charge in [-0.2, -0.15) is 0 Å². The summed E-state index contributed by atoms with van der Waals surface area (Å²) in [5.41, 5.74) is -0.0548. The molecule has 1 heterocycles. The van der Waals surface area contributed by atoms with E-state index in [9.17, 15) is 4.79 Å². The average Bonchev–Trinajstić information content (AvgIpc) is 2.58. The first kappa shape index (κ1) is 14.8. The highest BCUT2D eigenvalue weighted by molar-refractivity contribution is 5.78. The molecule has 0 aromatic heterocycles. The molecule has 2 aliphatic rings. The second-order valence-electron chi connectivity index (χ2n) is 6.29. The zero-order chi connectivity index (χ0) is 13.7. The third-order valence-corrected chi connectivity index (χ3v) is 4.76. The Kier molecular flexibility index (Phi) is 5.22. The van der Waals surface area contributed by atoms with Crippen LogP contribution in [0.3, 0.4) is 0 Å². The van der Waals surface area contributed by atoms with Crippen molar-refractivity contribution in [1.29, 1.82) is 0 Å². The van der Waals surface area contributed by atoms with Crippen LogP contribution >= 0.6 is 0 Å². The van der Waals surface area contributed by atoms with E-state index in [1.165, 1.54) is 25.7 Å². The Morgan fingerprint density at radius 3 is 2.53 bits per heavy atom. The van der Waals surface area contributed by atoms with Crippen molar-refractivity contribution in [2.45, 2.75) is 76.5 Å². The van der Waals surface area contributed by atoms with Gasteiger partial charge in [0.25, 0.3) is 0 Å². The minimum absolute atomic E-state index is 0.0548. The van der Waals surface area contributed by atoms with Crippen molar-refractivity contribution in [1.82, 2.24) is 10.6 Å². The second-order valence-corrected chi connectivity index (χ2v) is 6.29. The molecule has 19 heavy (non-hydrogen) atoms. The van der Waals surface area contributed by atoms with Gasteiger partial charge in [0.15, 0.2) is 0 Å². The number of hydrogen-bond acceptors (Lipinski definition) is 3. The number of rotatable bonds is 4. The lowest BCUT2D eigenvalue weighted by molar-refractivity contribution is -0.121. The molecule has 0 aromatic carbocycles. The van der Waals surface area contributed by atoms with E-state index in [2.05, 4.69) is 24.5 Å². The normalized spacial score (nSPS) is 33.1. The molecule has 1 amide bonds. The summed E-state index contributed by atoms with van der Waals surface area (Å²) in [7, 11) is 0. The standard InChI is InChI=1S/C15H28N2O2/c1-12-15(2,9-10-19-12)16-11-14(18)17-13-7-5-3-4-6-8-13/h12-13,16H,3-11H2,1-2H3,(H,17,18). The first-order chi connectivity index (χ1) is 9.10. The van der Waals surface area contributed by atoms with Crippen molar-refractivity contribution < 1.29 is 9.53 Å². The highest BCUT2D eigenvalue weighted by atomic mass is 16.5. The Morgan fingerprint density at radius 1 is 1.26 bits per heavy atom. The summed E-state index contributed by atoms with van der Waals surface area (Å²) in [4.78, 5) is 12.0. The van der Waals surface area contributed by atoms with Gasteiger partial charge < -0.3 is 15.4 Å². The lowest BCUT2D eigenvalue weighted by atomic mass is 9.95. The summed E-state index contributed by atoms with van der Waals surface area (Å²) < 4.78 is 5.57. The van der Waals surface area contributed by atoms with Gasteiger partial charge in [-0.3, -0.25) is 4.79 Å². The summed E-state index contributed by atoms with van der Waals surface area (Å²) in [6.45, 7) is 5.41. The zero-order valence-electron chi connectivity index (χ0n) is 12.3. The van der Waals surface area contributed by atoms with E-state index in [1.54, 1.807) is 0 Å². The topological polar surface area (TPSA) is 50.4 Å². The van der Waals surface area contributed by atoms with Crippen LogP contribution in [0, 0.1) is 0 Å². The SMILES string of the molecule is CC1OCCC1(C)NCC(=O)NC1CCCCCC1. The lowest BCUT2D eigenvalue weighted by Gasteiger charge is -2.29. The molecule has 2 fully saturated rings. The summed E-state index contributed by atoms with van der Waals surface area (Å²) in [6, 6.07) is 0.391. The summed E-state index contributed by atoms with van der Waals surface area (Å²) >= 11 is 0. The van der Waals surface area contributed by atoms with E-state index in [0.29, 0.717) is 12.6 Å². The number of carbonyl (C=O) groups excluding carboxylic acids is 1. The monoisotopic (exact) mass is 268 g/mol. The first-order valence-corrected chi connectivity index (χ1v) is 7.76. The number of ether oxygens (including phenoxy) is 1. The van der Waals surface area contributed by atoms with Crippen LogP contribution < -0.4 is 10.6 Å². The lowest BCUT2D eigenvalue weighted by Crippen LogP contribution is -2.52. The molecule has 0 radical (unpaired) electrons. The fourth-order valence-corrected chi connectivity index (χ4v) is 3.05. The van der Waals surface area contributed by atoms with Gasteiger partial charge in [0, 0.05) is 18.2 Å². The highest BCUT2D eigenvalue weighted by Crippen LogP contribution is 2.24. The van der Waals surface area contributed by atoms with E-state index in [4.69, 9.17) is 4.74 Å². The largest absolute Gasteiger partial charge is 0.377 e. The molecule has 110 valence electrons. The molecule has 2 atom stereocenters. The van der Waals surface area contributed by atoms with E-state index in [0.717, 1.165) is 25.9 Å². The molecular weight excluding hydrogens is 240 g/mol. The molecule has 1 aliphatic carbocycles. The Bertz CT molecular complexity index is 301. The molecule has 4 heteroatoms. The Hall–Kier alpha value is -0.610. The second kappa shape index (κ2) is 6.71. The minimum Gasteiger partial charge on any atom is -0.377 e. The van der Waals surface area contributed by atoms with Gasteiger partial charge in [-0.25, -0.2) is 0 Å². The molecule has 0 bridgehead atoms. The molecule has 2 rings (SSSR count). The molecule has 2 unspecified atom stereocenters. The molecule has 1 aliphatic heterocycles. The van der Waals surface area contributed by atoms with Crippen LogP contribution in [0.5, 0.6) is 0 Å². The summed E-state index contributed by atoms with van der Waals surface area (Å²) in [5.74, 6) is 0.132. The van der Waals surface area contributed by atoms with Crippen LogP contribution in [0.4, 0.5) is 0 Å². The van der Waals surface area contributed by atoms with Gasteiger partial charge in [0.05, 0.1) is 12.6 Å². The summed E-state index contributed by atoms with van der Waals surface area (Å²) in [6.07, 6.45) is 8.57. The van der Waals surface area contributed by atoms with Crippen molar-refractivity contribution in [3.05, 3.63) is 0 Å². The number of hydrogen-bond donors (Lipinski definition) is 2. The number of amides is 1. The van der Waals surface area contributed by atoms with Crippen molar-refractivity contribution >= 4 is 5.91 Å². The molecule has 1 saturated heterocycles. The molecule has 0 aromatic rings. The fourth-order valence-electron chi connectivity index (χ4n) is 3.05. The quantitative estimate of drug-likeness (QED) is 0.767. The molecule has 0 spiro atoms. The van der Waals surface area contributed by atoms with Crippen LogP contribution in [0.2, 0.25) is 0 Å². The maximum absolute atomic E-state index is 12.0. The van der Waals surface area contributed by atoms with Crippen LogP contribution in [0.1, 0.15) is 58.8 Å². The van der Waals surface area contributed by atoms with Crippen molar-refractivity contribution in [3.63, 3.8) is 0 Å². The maximum atomic E-state index is 12.0. The van der Waals surface area contributed by atoms with Crippen molar-refractivity contribution in [2.75, 3.05) is 13.2 Å². The predicted molar refractivity (Wildman–Crippen MR) is 76.1 cm³/mol. The smallest absolute Gasteiger partial charge is 0.234 e. The Labute approximate surface area is 116 Å². The number of carbonyl (C=O) groups is 1. The average molecular weight is 268 g/mol. The van der Waals surface area contributed by atoms with E-state index in [-0.39, 0.29) is 17.6 Å². The molecular formula is C15H28N2O2. The third-order valence-electron chi connectivity index (χ3n) is 4.76. The van der Waals surface area contributed by atoms with E-state index in [1.807, 2.05) is 0 Å². The van der Waals surface area contributed by atoms with Crippen LogP contribution in [0.15, 0.2) is 0 Å². The minimum atomic E-state index is -0.0548. The molecule has 4 nitrogen and oxygen atoms in total. The van der Waals surface area contributed by atoms with E-state index < -0.39 is 0 Å². The summed E-state index contributed by atoms with van der Waals surface area (Å²) in [5, 5.41) is 6.55. The third kappa shape index (κ3) is 4.18. The van der Waals surface area contributed by atoms with E-state index >= 15 is 0 Å². The van der Waals surface area contributed by atoms with Crippen LogP contribution in [-0.4, -0.2) is 36.7 Å². The fraction of sp³-hybridized carbons (Fsp3) is 0.933. The van der Waals surface area contributed by atoms with Crippen molar-refractivity contribution in [3.8, 4) is 0 Å². The zero-order valence-corrected chi connectivity index (χ0v) is 12.3. The molecule has 1 saturated carbocycles. The van der Waals surface area contributed by atoms with Crippen molar-refractivity contribution in [2.24, 2.45) is 0 Å². The predicted octanol–water partition coefficient (Wildman–Crippen LogP) is 1.98. The van der Waals surface area contributed by atoms with Gasteiger partial charge in [0.2, 0.25) is 5.91 Å². The number of nitrogens with one attached hydrogen (secondary N) is 2. The molecule has 2 N–H and O–H groups in total. The first-order valence-electron chi connectivity index (χ1n) is 7.76. The Morgan fingerprint density at radius 2 is 1.95 bits per heavy atom.